The van der Waals surface area contributed by atoms with Crippen molar-refractivity contribution in [1.29, 1.82) is 5.26 Å². The van der Waals surface area contributed by atoms with Gasteiger partial charge in [0.2, 0.25) is 6.79 Å². The van der Waals surface area contributed by atoms with Crippen LogP contribution in [0.4, 0.5) is 16.2 Å². The lowest BCUT2D eigenvalue weighted by Crippen LogP contribution is -2.15. The second-order valence-corrected chi connectivity index (χ2v) is 5.66. The molecule has 12 nitrogen and oxygen atoms in total. The van der Waals surface area contributed by atoms with Crippen molar-refractivity contribution in [1.82, 2.24) is 0 Å². The molecule has 0 N–H and O–H groups in total. The van der Waals surface area contributed by atoms with E-state index in [4.69, 9.17) is 18.9 Å². The van der Waals surface area contributed by atoms with Gasteiger partial charge in [-0.3, -0.25) is 20.2 Å². The highest BCUT2D eigenvalue weighted by molar-refractivity contribution is 5.69. The topological polar surface area (TPSA) is 164 Å². The molecule has 0 saturated carbocycles. The molecule has 12 heteroatoms. The van der Waals surface area contributed by atoms with Crippen molar-refractivity contribution in [2.24, 2.45) is 0 Å². The Morgan fingerprint density at radius 1 is 1.21 bits per heavy atom. The highest BCUT2D eigenvalue weighted by atomic mass is 16.7. The third kappa shape index (κ3) is 3.83. The Morgan fingerprint density at radius 2 is 1.90 bits per heavy atom. The molecule has 1 atom stereocenters. The van der Waals surface area contributed by atoms with Gasteiger partial charge in [-0.2, -0.15) is 5.26 Å². The summed E-state index contributed by atoms with van der Waals surface area (Å²) in [5.41, 5.74) is -1.21. The van der Waals surface area contributed by atoms with Crippen LogP contribution in [0.3, 0.4) is 0 Å². The fraction of sp³-hybridized carbons (Fsp3) is 0.176. The Morgan fingerprint density at radius 3 is 2.48 bits per heavy atom. The summed E-state index contributed by atoms with van der Waals surface area (Å²) in [6.45, 7) is 1.14. The lowest BCUT2D eigenvalue weighted by molar-refractivity contribution is -0.386. The first kappa shape index (κ1) is 19.4. The van der Waals surface area contributed by atoms with Gasteiger partial charge in [0.25, 0.3) is 11.4 Å². The summed E-state index contributed by atoms with van der Waals surface area (Å²) in [5, 5.41) is 31.4. The van der Waals surface area contributed by atoms with E-state index in [0.29, 0.717) is 0 Å². The molecular formula is C17H11N3O9. The molecule has 1 unspecified atom stereocenters. The fourth-order valence-corrected chi connectivity index (χ4v) is 2.63. The number of nitro benzene ring substituents is 2. The molecule has 0 spiro atoms. The van der Waals surface area contributed by atoms with Crippen molar-refractivity contribution in [3.8, 4) is 23.3 Å². The molecule has 29 heavy (non-hydrogen) atoms. The number of hydrogen-bond acceptors (Lipinski definition) is 10. The molecule has 0 saturated heterocycles. The monoisotopic (exact) mass is 401 g/mol. The van der Waals surface area contributed by atoms with Gasteiger partial charge in [-0.1, -0.05) is 0 Å². The van der Waals surface area contributed by atoms with E-state index in [1.807, 2.05) is 0 Å². The maximum Gasteiger partial charge on any atom is 0.514 e. The highest BCUT2D eigenvalue weighted by Crippen LogP contribution is 2.45. The largest absolute Gasteiger partial charge is 0.514 e. The highest BCUT2D eigenvalue weighted by Gasteiger charge is 2.34. The summed E-state index contributed by atoms with van der Waals surface area (Å²) >= 11 is 0. The number of carbonyl (C=O) groups excluding carboxylic acids is 1. The van der Waals surface area contributed by atoms with Gasteiger partial charge in [0, 0.05) is 12.1 Å². The van der Waals surface area contributed by atoms with Crippen molar-refractivity contribution in [2.75, 3.05) is 6.79 Å². The number of nitriles is 1. The minimum absolute atomic E-state index is 0.0225. The first-order chi connectivity index (χ1) is 13.8. The van der Waals surface area contributed by atoms with Crippen molar-refractivity contribution >= 4 is 17.5 Å². The standard InChI is InChI=1S/C17H11N3O9/c1-9(28-17(21)29-11-4-2-10(3-5-11)19(22)23)12-6-14-16(27-8-26-14)13(7-18)15(12)20(24)25/h2-6,9H,8H2,1H3. The Bertz CT molecular complexity index is 1040. The van der Waals surface area contributed by atoms with Crippen molar-refractivity contribution < 1.29 is 33.6 Å². The summed E-state index contributed by atoms with van der Waals surface area (Å²) in [5.74, 6) is 0.0376. The zero-order valence-corrected chi connectivity index (χ0v) is 14.7. The summed E-state index contributed by atoms with van der Waals surface area (Å²) < 4.78 is 20.3. The third-order valence-electron chi connectivity index (χ3n) is 3.92. The number of ether oxygens (including phenoxy) is 4. The Hall–Kier alpha value is -4.40. The van der Waals surface area contributed by atoms with E-state index in [9.17, 15) is 30.3 Å². The molecule has 0 aliphatic carbocycles. The van der Waals surface area contributed by atoms with E-state index in [1.54, 1.807) is 6.07 Å². The molecule has 1 aliphatic heterocycles. The van der Waals surface area contributed by atoms with Crippen LogP contribution in [0.15, 0.2) is 30.3 Å². The predicted octanol–water partition coefficient (Wildman–Crippen LogP) is 3.38. The fourth-order valence-electron chi connectivity index (χ4n) is 2.63. The van der Waals surface area contributed by atoms with Crippen LogP contribution >= 0.6 is 0 Å². The van der Waals surface area contributed by atoms with Crippen molar-refractivity contribution in [3.05, 3.63) is 61.7 Å². The molecule has 0 aromatic heterocycles. The van der Waals surface area contributed by atoms with E-state index in [-0.39, 0.29) is 40.9 Å². The SMILES string of the molecule is CC(OC(=O)Oc1ccc([N+](=O)[O-])cc1)c1cc2c(c(C#N)c1[N+](=O)[O-])OCO2. The molecule has 1 heterocycles. The number of nitrogens with zero attached hydrogens (tertiary/aromatic N) is 3. The minimum atomic E-state index is -1.20. The summed E-state index contributed by atoms with van der Waals surface area (Å²) in [7, 11) is 0. The number of nitro groups is 2. The van der Waals surface area contributed by atoms with Crippen molar-refractivity contribution in [2.45, 2.75) is 13.0 Å². The van der Waals surface area contributed by atoms with E-state index < -0.39 is 27.8 Å². The second-order valence-electron chi connectivity index (χ2n) is 5.66. The van der Waals surface area contributed by atoms with Crippen LogP contribution in [0.25, 0.3) is 0 Å². The second kappa shape index (κ2) is 7.69. The van der Waals surface area contributed by atoms with Gasteiger partial charge in [-0.15, -0.1) is 0 Å². The van der Waals surface area contributed by atoms with Crippen LogP contribution in [0.2, 0.25) is 0 Å². The smallest absolute Gasteiger partial charge is 0.454 e. The molecule has 0 radical (unpaired) electrons. The molecule has 3 rings (SSSR count). The molecule has 1 aliphatic rings. The quantitative estimate of drug-likeness (QED) is 0.314. The normalized spacial score (nSPS) is 12.6. The van der Waals surface area contributed by atoms with E-state index >= 15 is 0 Å². The molecule has 0 fully saturated rings. The van der Waals surface area contributed by atoms with Crippen molar-refractivity contribution in [3.63, 3.8) is 0 Å². The number of carbonyl (C=O) groups is 1. The van der Waals surface area contributed by atoms with Gasteiger partial charge < -0.3 is 18.9 Å². The molecule has 0 amide bonds. The summed E-state index contributed by atoms with van der Waals surface area (Å²) in [4.78, 5) is 32.8. The number of rotatable bonds is 5. The summed E-state index contributed by atoms with van der Waals surface area (Å²) in [6.07, 6.45) is -2.38. The van der Waals surface area contributed by atoms with Gasteiger partial charge in [0.05, 0.1) is 15.4 Å². The third-order valence-corrected chi connectivity index (χ3v) is 3.92. The van der Waals surface area contributed by atoms with Gasteiger partial charge in [0.1, 0.15) is 17.9 Å². The maximum atomic E-state index is 12.0. The number of fused-ring (bicyclic) bond motifs is 1. The molecule has 2 aromatic carbocycles. The van der Waals surface area contributed by atoms with E-state index in [2.05, 4.69) is 0 Å². The van der Waals surface area contributed by atoms with Gasteiger partial charge >= 0.3 is 6.16 Å². The lowest BCUT2D eigenvalue weighted by Gasteiger charge is -2.15. The van der Waals surface area contributed by atoms with Crippen LogP contribution in [0, 0.1) is 31.6 Å². The Balaban J connectivity index is 1.82. The average Bonchev–Trinajstić information content (AvgIpc) is 3.15. The zero-order valence-electron chi connectivity index (χ0n) is 14.7. The van der Waals surface area contributed by atoms with Crippen LogP contribution in [-0.4, -0.2) is 22.8 Å². The van der Waals surface area contributed by atoms with Crippen LogP contribution < -0.4 is 14.2 Å². The van der Waals surface area contributed by atoms with Gasteiger partial charge in [0.15, 0.2) is 17.1 Å². The van der Waals surface area contributed by atoms with E-state index in [0.717, 1.165) is 12.1 Å². The molecule has 0 bridgehead atoms. The Kier molecular flexibility index (Phi) is 5.13. The lowest BCUT2D eigenvalue weighted by atomic mass is 10.0. The van der Waals surface area contributed by atoms with Gasteiger partial charge in [-0.05, 0) is 25.1 Å². The van der Waals surface area contributed by atoms with Crippen LogP contribution in [0.1, 0.15) is 24.2 Å². The maximum absolute atomic E-state index is 12.0. The molecular weight excluding hydrogens is 390 g/mol. The minimum Gasteiger partial charge on any atom is -0.454 e. The van der Waals surface area contributed by atoms with Crippen LogP contribution in [0.5, 0.6) is 17.2 Å². The first-order valence-corrected chi connectivity index (χ1v) is 7.95. The predicted molar refractivity (Wildman–Crippen MR) is 92.6 cm³/mol. The number of benzene rings is 2. The van der Waals surface area contributed by atoms with Crippen LogP contribution in [-0.2, 0) is 4.74 Å². The Labute approximate surface area is 162 Å². The number of non-ortho nitro benzene ring substituents is 1. The number of hydrogen-bond donors (Lipinski definition) is 0. The zero-order chi connectivity index (χ0) is 21.1. The van der Waals surface area contributed by atoms with Gasteiger partial charge in [-0.25, -0.2) is 4.79 Å². The van der Waals surface area contributed by atoms with E-state index in [1.165, 1.54) is 25.1 Å². The molecule has 2 aromatic rings. The first-order valence-electron chi connectivity index (χ1n) is 7.95. The molecule has 148 valence electrons. The average molecular weight is 401 g/mol. The summed E-state index contributed by atoms with van der Waals surface area (Å²) in [6, 6.07) is 7.62.